The quantitative estimate of drug-likeness (QED) is 0.864. The molecule has 0 saturated heterocycles. The van der Waals surface area contributed by atoms with Crippen molar-refractivity contribution in [1.29, 1.82) is 0 Å². The van der Waals surface area contributed by atoms with Crippen molar-refractivity contribution in [3.8, 4) is 5.75 Å². The third-order valence-corrected chi connectivity index (χ3v) is 3.15. The number of pyridine rings is 1. The third kappa shape index (κ3) is 3.80. The number of hydrogen-bond acceptors (Lipinski definition) is 3. The molecule has 1 aromatic carbocycles. The van der Waals surface area contributed by atoms with Crippen LogP contribution in [0, 0.1) is 0 Å². The maximum absolute atomic E-state index is 5.84. The Morgan fingerprint density at radius 3 is 2.79 bits per heavy atom. The Morgan fingerprint density at radius 1 is 1.21 bits per heavy atom. The highest BCUT2D eigenvalue weighted by Crippen LogP contribution is 2.17. The molecule has 0 amide bonds. The molecule has 0 radical (unpaired) electrons. The van der Waals surface area contributed by atoms with E-state index in [-0.39, 0.29) is 5.92 Å². The van der Waals surface area contributed by atoms with Gasteiger partial charge >= 0.3 is 0 Å². The van der Waals surface area contributed by atoms with E-state index < -0.39 is 0 Å². The zero-order valence-electron chi connectivity index (χ0n) is 11.3. The molecule has 0 aliphatic rings. The van der Waals surface area contributed by atoms with Crippen molar-refractivity contribution in [2.75, 3.05) is 13.2 Å². The molecular weight excluding hydrogens is 236 g/mol. The molecule has 1 heterocycles. The van der Waals surface area contributed by atoms with E-state index in [0.717, 1.165) is 17.9 Å². The van der Waals surface area contributed by atoms with Crippen molar-refractivity contribution in [2.24, 2.45) is 5.73 Å². The van der Waals surface area contributed by atoms with Crippen LogP contribution >= 0.6 is 0 Å². The molecule has 0 spiro atoms. The van der Waals surface area contributed by atoms with E-state index in [1.807, 2.05) is 30.3 Å². The molecule has 3 heteroatoms. The second-order valence-corrected chi connectivity index (χ2v) is 4.50. The molecule has 1 unspecified atom stereocenters. The topological polar surface area (TPSA) is 48.1 Å². The first kappa shape index (κ1) is 13.6. The van der Waals surface area contributed by atoms with Crippen molar-refractivity contribution in [3.63, 3.8) is 0 Å². The van der Waals surface area contributed by atoms with Gasteiger partial charge in [-0.15, -0.1) is 0 Å². The highest BCUT2D eigenvalue weighted by atomic mass is 16.5. The summed E-state index contributed by atoms with van der Waals surface area (Å²) in [4.78, 5) is 4.34. The molecule has 0 aliphatic heterocycles. The van der Waals surface area contributed by atoms with Crippen molar-refractivity contribution in [1.82, 2.24) is 4.98 Å². The van der Waals surface area contributed by atoms with Gasteiger partial charge in [0.05, 0.1) is 6.61 Å². The zero-order valence-corrected chi connectivity index (χ0v) is 11.3. The Balaban J connectivity index is 2.00. The smallest absolute Gasteiger partial charge is 0.119 e. The number of nitrogens with two attached hydrogens (primary N) is 1. The van der Waals surface area contributed by atoms with Gasteiger partial charge in [-0.05, 0) is 36.2 Å². The van der Waals surface area contributed by atoms with Crippen molar-refractivity contribution >= 4 is 0 Å². The van der Waals surface area contributed by atoms with E-state index in [4.69, 9.17) is 10.5 Å². The number of aromatic nitrogens is 1. The Hall–Kier alpha value is -1.87. The number of ether oxygens (including phenoxy) is 1. The van der Waals surface area contributed by atoms with Gasteiger partial charge in [-0.1, -0.05) is 25.1 Å². The highest BCUT2D eigenvalue weighted by molar-refractivity contribution is 5.28. The van der Waals surface area contributed by atoms with E-state index in [1.54, 1.807) is 6.20 Å². The largest absolute Gasteiger partial charge is 0.493 e. The van der Waals surface area contributed by atoms with Crippen LogP contribution in [0.15, 0.2) is 48.7 Å². The first-order valence-corrected chi connectivity index (χ1v) is 6.66. The normalized spacial score (nSPS) is 12.1. The molecule has 100 valence electrons. The average molecular weight is 256 g/mol. The first-order chi connectivity index (χ1) is 9.33. The summed E-state index contributed by atoms with van der Waals surface area (Å²) in [5, 5.41) is 0. The van der Waals surface area contributed by atoms with Crippen LogP contribution in [-0.2, 0) is 6.42 Å². The summed E-state index contributed by atoms with van der Waals surface area (Å²) in [5.41, 5.74) is 8.07. The highest BCUT2D eigenvalue weighted by Gasteiger charge is 2.11. The molecule has 2 aromatic rings. The summed E-state index contributed by atoms with van der Waals surface area (Å²) < 4.78 is 5.84. The van der Waals surface area contributed by atoms with Crippen molar-refractivity contribution in [2.45, 2.75) is 19.3 Å². The Kier molecular flexibility index (Phi) is 4.93. The number of rotatable bonds is 6. The van der Waals surface area contributed by atoms with Gasteiger partial charge in [0.15, 0.2) is 0 Å². The second kappa shape index (κ2) is 6.90. The van der Waals surface area contributed by atoms with Crippen LogP contribution in [0.3, 0.4) is 0 Å². The van der Waals surface area contributed by atoms with Gasteiger partial charge in [-0.2, -0.15) is 0 Å². The molecule has 2 N–H and O–H groups in total. The van der Waals surface area contributed by atoms with Crippen LogP contribution in [0.4, 0.5) is 0 Å². The monoisotopic (exact) mass is 256 g/mol. The molecule has 1 aromatic heterocycles. The Bertz CT molecular complexity index is 499. The minimum atomic E-state index is 0.131. The summed E-state index contributed by atoms with van der Waals surface area (Å²) in [7, 11) is 0. The minimum absolute atomic E-state index is 0.131. The number of aryl methyl sites for hydroxylation is 1. The summed E-state index contributed by atoms with van der Waals surface area (Å²) in [6, 6.07) is 14.0. The van der Waals surface area contributed by atoms with Crippen LogP contribution in [0.1, 0.15) is 24.1 Å². The summed E-state index contributed by atoms with van der Waals surface area (Å²) >= 11 is 0. The predicted molar refractivity (Wildman–Crippen MR) is 77.3 cm³/mol. The zero-order chi connectivity index (χ0) is 13.5. The standard InChI is InChI=1S/C16H20N2O/c1-2-13-6-5-7-15(10-13)19-12-14(11-17)16-8-3-4-9-18-16/h3-10,14H,2,11-12,17H2,1H3. The Morgan fingerprint density at radius 2 is 2.11 bits per heavy atom. The lowest BCUT2D eigenvalue weighted by molar-refractivity contribution is 0.288. The third-order valence-electron chi connectivity index (χ3n) is 3.15. The fourth-order valence-corrected chi connectivity index (χ4v) is 1.94. The molecule has 0 fully saturated rings. The van der Waals surface area contributed by atoms with E-state index in [0.29, 0.717) is 13.2 Å². The molecule has 1 atom stereocenters. The minimum Gasteiger partial charge on any atom is -0.493 e. The predicted octanol–water partition coefficient (Wildman–Crippen LogP) is 2.77. The van der Waals surface area contributed by atoms with Gasteiger partial charge in [0.1, 0.15) is 5.75 Å². The van der Waals surface area contributed by atoms with E-state index in [2.05, 4.69) is 24.0 Å². The fraction of sp³-hybridized carbons (Fsp3) is 0.312. The molecule has 0 aliphatic carbocycles. The molecule has 19 heavy (non-hydrogen) atoms. The van der Waals surface area contributed by atoms with Gasteiger partial charge < -0.3 is 10.5 Å². The van der Waals surface area contributed by atoms with E-state index >= 15 is 0 Å². The van der Waals surface area contributed by atoms with Crippen LogP contribution in [0.2, 0.25) is 0 Å². The second-order valence-electron chi connectivity index (χ2n) is 4.50. The molecule has 0 saturated carbocycles. The summed E-state index contributed by atoms with van der Waals surface area (Å²) in [6.45, 7) is 3.22. The fourth-order valence-electron chi connectivity index (χ4n) is 1.94. The molecular formula is C16H20N2O. The SMILES string of the molecule is CCc1cccc(OCC(CN)c2ccccn2)c1. The van der Waals surface area contributed by atoms with Gasteiger partial charge in [0, 0.05) is 24.4 Å². The van der Waals surface area contributed by atoms with Crippen LogP contribution in [-0.4, -0.2) is 18.1 Å². The van der Waals surface area contributed by atoms with Gasteiger partial charge in [-0.3, -0.25) is 4.98 Å². The van der Waals surface area contributed by atoms with Crippen molar-refractivity contribution < 1.29 is 4.74 Å². The molecule has 3 nitrogen and oxygen atoms in total. The number of nitrogens with zero attached hydrogens (tertiary/aromatic N) is 1. The van der Waals surface area contributed by atoms with Gasteiger partial charge in [0.25, 0.3) is 0 Å². The van der Waals surface area contributed by atoms with Gasteiger partial charge in [-0.25, -0.2) is 0 Å². The van der Waals surface area contributed by atoms with Crippen LogP contribution < -0.4 is 10.5 Å². The van der Waals surface area contributed by atoms with Gasteiger partial charge in [0.2, 0.25) is 0 Å². The lowest BCUT2D eigenvalue weighted by Crippen LogP contribution is -2.20. The average Bonchev–Trinajstić information content (AvgIpc) is 2.49. The van der Waals surface area contributed by atoms with E-state index in [1.165, 1.54) is 5.56 Å². The lowest BCUT2D eigenvalue weighted by Gasteiger charge is -2.15. The van der Waals surface area contributed by atoms with Crippen LogP contribution in [0.25, 0.3) is 0 Å². The Labute approximate surface area is 114 Å². The van der Waals surface area contributed by atoms with Crippen molar-refractivity contribution in [3.05, 3.63) is 59.9 Å². The van der Waals surface area contributed by atoms with Crippen LogP contribution in [0.5, 0.6) is 5.75 Å². The maximum Gasteiger partial charge on any atom is 0.119 e. The summed E-state index contributed by atoms with van der Waals surface area (Å²) in [6.07, 6.45) is 2.80. The van der Waals surface area contributed by atoms with E-state index in [9.17, 15) is 0 Å². The number of hydrogen-bond donors (Lipinski definition) is 1. The summed E-state index contributed by atoms with van der Waals surface area (Å²) in [5.74, 6) is 1.03. The molecule has 2 rings (SSSR count). The first-order valence-electron chi connectivity index (χ1n) is 6.66. The molecule has 0 bridgehead atoms. The lowest BCUT2D eigenvalue weighted by atomic mass is 10.1. The number of benzene rings is 1. The maximum atomic E-state index is 5.84.